The molecule has 0 aliphatic rings. The highest BCUT2D eigenvalue weighted by molar-refractivity contribution is 5.91. The number of hydrogen-bond acceptors (Lipinski definition) is 1. The van der Waals surface area contributed by atoms with E-state index < -0.39 is 0 Å². The first-order valence-electron chi connectivity index (χ1n) is 4.93. The van der Waals surface area contributed by atoms with Crippen LogP contribution in [-0.4, -0.2) is 10.4 Å². The molecule has 0 saturated carbocycles. The van der Waals surface area contributed by atoms with E-state index in [9.17, 15) is 4.79 Å². The molecule has 1 heterocycles. The maximum atomic E-state index is 11.3. The van der Waals surface area contributed by atoms with Crippen LogP contribution in [0.4, 0.5) is 0 Å². The van der Waals surface area contributed by atoms with Gasteiger partial charge in [-0.15, -0.1) is 0 Å². The highest BCUT2D eigenvalue weighted by Gasteiger charge is 2.00. The van der Waals surface area contributed by atoms with Crippen molar-refractivity contribution in [3.63, 3.8) is 0 Å². The van der Waals surface area contributed by atoms with Crippen LogP contribution < -0.4 is 0 Å². The number of aromatic nitrogens is 1. The summed E-state index contributed by atoms with van der Waals surface area (Å²) in [5, 5.41) is 0. The molecule has 0 unspecified atom stereocenters. The minimum atomic E-state index is 0.0945. The Labute approximate surface area is 85.2 Å². The number of hydrogen-bond donors (Lipinski definition) is 0. The van der Waals surface area contributed by atoms with E-state index in [4.69, 9.17) is 0 Å². The SMILES string of the molecule is Cc1cccn1C/C=C/C(=O)C(C)C. The summed E-state index contributed by atoms with van der Waals surface area (Å²) in [5.74, 6) is 0.284. The van der Waals surface area contributed by atoms with Gasteiger partial charge in [-0.05, 0) is 25.1 Å². The Kier molecular flexibility index (Phi) is 3.69. The number of carbonyl (C=O) groups excluding carboxylic acids is 1. The van der Waals surface area contributed by atoms with Crippen molar-refractivity contribution in [1.29, 1.82) is 0 Å². The van der Waals surface area contributed by atoms with Gasteiger partial charge in [0.25, 0.3) is 0 Å². The second kappa shape index (κ2) is 4.80. The minimum Gasteiger partial charge on any atom is -0.348 e. The van der Waals surface area contributed by atoms with Crippen molar-refractivity contribution in [2.24, 2.45) is 5.92 Å². The van der Waals surface area contributed by atoms with Crippen molar-refractivity contribution in [2.45, 2.75) is 27.3 Å². The third-order valence-electron chi connectivity index (χ3n) is 2.21. The molecular formula is C12H17NO. The fourth-order valence-electron chi connectivity index (χ4n) is 1.18. The number of ketones is 1. The van der Waals surface area contributed by atoms with Gasteiger partial charge in [0.2, 0.25) is 0 Å². The Hall–Kier alpha value is -1.31. The summed E-state index contributed by atoms with van der Waals surface area (Å²) in [5.41, 5.74) is 1.21. The Bertz CT molecular complexity index is 334. The van der Waals surface area contributed by atoms with Crippen LogP contribution in [-0.2, 0) is 11.3 Å². The molecule has 0 atom stereocenters. The molecule has 0 aliphatic heterocycles. The third kappa shape index (κ3) is 2.87. The molecule has 1 aromatic rings. The second-order valence-corrected chi connectivity index (χ2v) is 3.76. The van der Waals surface area contributed by atoms with Gasteiger partial charge in [0.15, 0.2) is 5.78 Å². The van der Waals surface area contributed by atoms with Gasteiger partial charge in [-0.2, -0.15) is 0 Å². The summed E-state index contributed by atoms with van der Waals surface area (Å²) < 4.78 is 2.10. The topological polar surface area (TPSA) is 22.0 Å². The average molecular weight is 191 g/mol. The molecule has 0 spiro atoms. The van der Waals surface area contributed by atoms with E-state index in [0.29, 0.717) is 0 Å². The van der Waals surface area contributed by atoms with Crippen molar-refractivity contribution < 1.29 is 4.79 Å². The van der Waals surface area contributed by atoms with Gasteiger partial charge in [0.05, 0.1) is 0 Å². The second-order valence-electron chi connectivity index (χ2n) is 3.76. The summed E-state index contributed by atoms with van der Waals surface area (Å²) in [6.45, 7) is 6.65. The first-order chi connectivity index (χ1) is 6.61. The molecule has 76 valence electrons. The zero-order chi connectivity index (χ0) is 10.6. The summed E-state index contributed by atoms with van der Waals surface area (Å²) >= 11 is 0. The van der Waals surface area contributed by atoms with E-state index in [1.807, 2.05) is 32.2 Å². The average Bonchev–Trinajstić information content (AvgIpc) is 2.51. The number of rotatable bonds is 4. The van der Waals surface area contributed by atoms with Crippen LogP contribution in [0.3, 0.4) is 0 Å². The van der Waals surface area contributed by atoms with Crippen LogP contribution in [0, 0.1) is 12.8 Å². The third-order valence-corrected chi connectivity index (χ3v) is 2.21. The van der Waals surface area contributed by atoms with Gasteiger partial charge in [-0.25, -0.2) is 0 Å². The summed E-state index contributed by atoms with van der Waals surface area (Å²) in [6.07, 6.45) is 5.60. The molecule has 0 bridgehead atoms. The smallest absolute Gasteiger partial charge is 0.157 e. The van der Waals surface area contributed by atoms with Gasteiger partial charge in [-0.1, -0.05) is 19.9 Å². The highest BCUT2D eigenvalue weighted by Crippen LogP contribution is 2.01. The lowest BCUT2D eigenvalue weighted by Crippen LogP contribution is -2.03. The molecule has 2 nitrogen and oxygen atoms in total. The predicted octanol–water partition coefficient (Wildman–Crippen LogP) is 2.58. The van der Waals surface area contributed by atoms with Crippen molar-refractivity contribution in [3.8, 4) is 0 Å². The minimum absolute atomic E-state index is 0.0945. The van der Waals surface area contributed by atoms with Crippen molar-refractivity contribution in [1.82, 2.24) is 4.57 Å². The summed E-state index contributed by atoms with van der Waals surface area (Å²) in [7, 11) is 0. The van der Waals surface area contributed by atoms with Crippen LogP contribution in [0.5, 0.6) is 0 Å². The zero-order valence-corrected chi connectivity index (χ0v) is 9.03. The van der Waals surface area contributed by atoms with Crippen LogP contribution in [0.25, 0.3) is 0 Å². The van der Waals surface area contributed by atoms with Crippen LogP contribution >= 0.6 is 0 Å². The molecule has 14 heavy (non-hydrogen) atoms. The molecule has 1 rings (SSSR count). The maximum absolute atomic E-state index is 11.3. The summed E-state index contributed by atoms with van der Waals surface area (Å²) in [6, 6.07) is 4.06. The number of carbonyl (C=O) groups is 1. The molecular weight excluding hydrogens is 174 g/mol. The molecule has 0 N–H and O–H groups in total. The molecule has 0 amide bonds. The fraction of sp³-hybridized carbons (Fsp3) is 0.417. The fourth-order valence-corrected chi connectivity index (χ4v) is 1.18. The Morgan fingerprint density at radius 3 is 2.79 bits per heavy atom. The lowest BCUT2D eigenvalue weighted by molar-refractivity contribution is -0.117. The zero-order valence-electron chi connectivity index (χ0n) is 9.03. The van der Waals surface area contributed by atoms with Crippen LogP contribution in [0.15, 0.2) is 30.5 Å². The van der Waals surface area contributed by atoms with E-state index in [-0.39, 0.29) is 11.7 Å². The Morgan fingerprint density at radius 1 is 1.57 bits per heavy atom. The highest BCUT2D eigenvalue weighted by atomic mass is 16.1. The van der Waals surface area contributed by atoms with Crippen LogP contribution in [0.1, 0.15) is 19.5 Å². The predicted molar refractivity (Wildman–Crippen MR) is 58.2 cm³/mol. The van der Waals surface area contributed by atoms with E-state index in [2.05, 4.69) is 17.6 Å². The molecule has 1 aromatic heterocycles. The molecule has 0 aromatic carbocycles. The quantitative estimate of drug-likeness (QED) is 0.670. The molecule has 2 heteroatoms. The first kappa shape index (κ1) is 10.8. The lowest BCUT2D eigenvalue weighted by Gasteiger charge is -2.01. The molecule has 0 fully saturated rings. The Morgan fingerprint density at radius 2 is 2.29 bits per heavy atom. The maximum Gasteiger partial charge on any atom is 0.157 e. The van der Waals surface area contributed by atoms with Gasteiger partial charge >= 0.3 is 0 Å². The van der Waals surface area contributed by atoms with Crippen molar-refractivity contribution >= 4 is 5.78 Å². The lowest BCUT2D eigenvalue weighted by atomic mass is 10.1. The Balaban J connectivity index is 2.49. The number of aryl methyl sites for hydroxylation is 1. The van der Waals surface area contributed by atoms with Gasteiger partial charge < -0.3 is 4.57 Å². The van der Waals surface area contributed by atoms with E-state index in [0.717, 1.165) is 6.54 Å². The van der Waals surface area contributed by atoms with Crippen molar-refractivity contribution in [3.05, 3.63) is 36.2 Å². The monoisotopic (exact) mass is 191 g/mol. The number of nitrogens with zero attached hydrogens (tertiary/aromatic N) is 1. The largest absolute Gasteiger partial charge is 0.348 e. The van der Waals surface area contributed by atoms with Gasteiger partial charge in [0.1, 0.15) is 0 Å². The first-order valence-corrected chi connectivity index (χ1v) is 4.93. The molecule has 0 saturated heterocycles. The standard InChI is InChI=1S/C12H17NO/c1-10(2)12(14)7-5-9-13-8-4-6-11(13)3/h4-8,10H,9H2,1-3H3/b7-5+. The van der Waals surface area contributed by atoms with Crippen molar-refractivity contribution in [2.75, 3.05) is 0 Å². The summed E-state index contributed by atoms with van der Waals surface area (Å²) in [4.78, 5) is 11.3. The molecule has 0 aliphatic carbocycles. The van der Waals surface area contributed by atoms with Gasteiger partial charge in [-0.3, -0.25) is 4.79 Å². The van der Waals surface area contributed by atoms with Crippen LogP contribution in [0.2, 0.25) is 0 Å². The van der Waals surface area contributed by atoms with E-state index in [1.165, 1.54) is 5.69 Å². The van der Waals surface area contributed by atoms with Gasteiger partial charge in [0, 0.05) is 24.4 Å². The normalized spacial score (nSPS) is 11.4. The van der Waals surface area contributed by atoms with E-state index in [1.54, 1.807) is 6.08 Å². The number of allylic oxidation sites excluding steroid dienone is 2. The molecule has 0 radical (unpaired) electrons. The van der Waals surface area contributed by atoms with E-state index >= 15 is 0 Å².